The number of H-pyrrole nitrogens is 2. The van der Waals surface area contributed by atoms with E-state index in [-0.39, 0.29) is 42.7 Å². The quantitative estimate of drug-likeness (QED) is 0.135. The largest absolute Gasteiger partial charge is 0.468 e. The van der Waals surface area contributed by atoms with Gasteiger partial charge in [0, 0.05) is 62.9 Å². The lowest BCUT2D eigenvalue weighted by atomic mass is 9.83. The Balaban J connectivity index is 1.60. The molecule has 4 N–H and O–H groups in total. The van der Waals surface area contributed by atoms with E-state index in [9.17, 15) is 19.2 Å². The number of hydrogen-bond acceptors (Lipinski definition) is 8. The first-order chi connectivity index (χ1) is 23.9. The van der Waals surface area contributed by atoms with Crippen LogP contribution in [0.15, 0.2) is 46.3 Å². The molecule has 6 rings (SSSR count). The maximum Gasteiger partial charge on any atom is 0.320 e. The first kappa shape index (κ1) is 34.7. The number of fused-ring (bicyclic) bond motifs is 7. The minimum absolute atomic E-state index is 0.0284. The van der Waals surface area contributed by atoms with E-state index in [0.29, 0.717) is 35.2 Å². The minimum atomic E-state index is -1.13. The Kier molecular flexibility index (Phi) is 9.48. The summed E-state index contributed by atoms with van der Waals surface area (Å²) in [6.07, 6.45) is 11.8. The zero-order chi connectivity index (χ0) is 36.0. The van der Waals surface area contributed by atoms with Crippen LogP contribution in [0.4, 0.5) is 0 Å². The molecule has 10 nitrogen and oxygen atoms in total. The molecule has 5 heterocycles. The Hall–Kier alpha value is -5.12. The standard InChI is InChI=1S/C40H46N4O6/c1-9-23-20(5)27-15-28-21(6)25(11-12-33(46)50-14-13-19(3)4)37(43-28)35-36(40(48)49-8)39(47)34-22(7)29(44-38(34)35)16-31-24(10-2)26(18-45)32(42-31)17-30(23)41-27/h9,13,15-18,21,25,28,36,38,41-44H,1,10-12,14H2,2-8H3/b27-15-,29-16-,30-17+,37-35-/t21-,25-,28?,36+,38+/m0/s1. The fraction of sp³-hybridized carbons (Fsp3) is 0.400. The Bertz CT molecular complexity index is 2060. The molecule has 50 heavy (non-hydrogen) atoms. The molecular weight excluding hydrogens is 632 g/mol. The third kappa shape index (κ3) is 5.80. The van der Waals surface area contributed by atoms with Gasteiger partial charge in [0.25, 0.3) is 0 Å². The van der Waals surface area contributed by atoms with Crippen molar-refractivity contribution in [2.24, 2.45) is 17.8 Å². The number of allylic oxidation sites excluding steroid dienone is 3. The van der Waals surface area contributed by atoms with Crippen LogP contribution < -0.4 is 21.3 Å². The second-order valence-electron chi connectivity index (χ2n) is 13.8. The molecule has 1 saturated carbocycles. The SMILES string of the molecule is C=Cc1c(C)/c2[nH]/c1=C/c1[nH]c(c(CC)c1C=O)/C=C1\N[C@@H]3C(=C1C)C(=O)[C@H](C(=O)OC)/C3=C1/NC(\C=2)[C@@H](C)[C@@H]1CCC(=O)OCC=C(C)C. The average molecular weight is 679 g/mol. The highest BCUT2D eigenvalue weighted by Gasteiger charge is 2.54. The van der Waals surface area contributed by atoms with Gasteiger partial charge in [-0.1, -0.05) is 32.1 Å². The molecule has 4 aliphatic rings. The molecule has 0 spiro atoms. The number of esters is 2. The molecule has 5 atom stereocenters. The molecule has 2 fully saturated rings. The van der Waals surface area contributed by atoms with Crippen LogP contribution in [0.1, 0.15) is 85.9 Å². The van der Waals surface area contributed by atoms with Crippen LogP contribution in [0, 0.1) is 24.7 Å². The van der Waals surface area contributed by atoms with Crippen LogP contribution in [-0.2, 0) is 30.3 Å². The van der Waals surface area contributed by atoms with Gasteiger partial charge in [0.1, 0.15) is 12.5 Å². The number of rotatable bonds is 9. The predicted octanol–water partition coefficient (Wildman–Crippen LogP) is 4.06. The topological polar surface area (TPSA) is 142 Å². The normalized spacial score (nSPS) is 27.2. The lowest BCUT2D eigenvalue weighted by Gasteiger charge is -2.23. The molecule has 1 aliphatic carbocycles. The predicted molar refractivity (Wildman–Crippen MR) is 193 cm³/mol. The molecule has 2 aromatic rings. The maximum atomic E-state index is 14.2. The summed E-state index contributed by atoms with van der Waals surface area (Å²) < 4.78 is 10.7. The van der Waals surface area contributed by atoms with E-state index in [4.69, 9.17) is 9.47 Å². The summed E-state index contributed by atoms with van der Waals surface area (Å²) in [7, 11) is 1.30. The zero-order valence-electron chi connectivity index (χ0n) is 29.8. The van der Waals surface area contributed by atoms with Gasteiger partial charge in [-0.25, -0.2) is 0 Å². The molecule has 2 aromatic heterocycles. The van der Waals surface area contributed by atoms with Gasteiger partial charge in [-0.05, 0) is 93.0 Å². The number of nitrogens with one attached hydrogen (secondary N) is 4. The minimum Gasteiger partial charge on any atom is -0.468 e. The van der Waals surface area contributed by atoms with E-state index in [1.807, 2.05) is 58.9 Å². The number of carbonyl (C=O) groups excluding carboxylic acids is 4. The monoisotopic (exact) mass is 678 g/mol. The van der Waals surface area contributed by atoms with Crippen molar-refractivity contribution in [3.05, 3.63) is 90.7 Å². The Labute approximate surface area is 292 Å². The Morgan fingerprint density at radius 3 is 2.46 bits per heavy atom. The third-order valence-corrected chi connectivity index (χ3v) is 10.8. The molecule has 0 aromatic carbocycles. The Morgan fingerprint density at radius 2 is 1.80 bits per heavy atom. The molecular formula is C40H46N4O6. The fourth-order valence-corrected chi connectivity index (χ4v) is 8.02. The zero-order valence-corrected chi connectivity index (χ0v) is 29.8. The van der Waals surface area contributed by atoms with Gasteiger partial charge in [0.15, 0.2) is 12.1 Å². The smallest absolute Gasteiger partial charge is 0.320 e. The molecule has 10 heteroatoms. The summed E-state index contributed by atoms with van der Waals surface area (Å²) in [6, 6.07) is -0.789. The lowest BCUT2D eigenvalue weighted by Crippen LogP contribution is -2.32. The Morgan fingerprint density at radius 1 is 1.04 bits per heavy atom. The van der Waals surface area contributed by atoms with Crippen LogP contribution >= 0.6 is 0 Å². The summed E-state index contributed by atoms with van der Waals surface area (Å²) in [5, 5.41) is 9.00. The number of aromatic amines is 2. The number of ketones is 1. The maximum absolute atomic E-state index is 14.2. The van der Waals surface area contributed by atoms with Crippen LogP contribution in [-0.4, -0.2) is 59.8 Å². The molecule has 8 bridgehead atoms. The van der Waals surface area contributed by atoms with Crippen molar-refractivity contribution in [3.63, 3.8) is 0 Å². The van der Waals surface area contributed by atoms with E-state index >= 15 is 0 Å². The average Bonchev–Trinajstić information content (AvgIpc) is 3.83. The summed E-state index contributed by atoms with van der Waals surface area (Å²) in [5.74, 6) is -2.58. The number of methoxy groups -OCH3 is 1. The van der Waals surface area contributed by atoms with Crippen molar-refractivity contribution in [2.45, 2.75) is 72.9 Å². The van der Waals surface area contributed by atoms with Crippen LogP contribution in [0.25, 0.3) is 24.3 Å². The highest BCUT2D eigenvalue weighted by atomic mass is 16.5. The van der Waals surface area contributed by atoms with E-state index in [2.05, 4.69) is 40.2 Å². The summed E-state index contributed by atoms with van der Waals surface area (Å²) in [5.41, 5.74) is 9.21. The number of hydrogen-bond donors (Lipinski definition) is 4. The second kappa shape index (κ2) is 13.7. The highest BCUT2D eigenvalue weighted by molar-refractivity contribution is 6.17. The van der Waals surface area contributed by atoms with Gasteiger partial charge < -0.3 is 30.1 Å². The third-order valence-electron chi connectivity index (χ3n) is 10.8. The molecule has 1 saturated heterocycles. The van der Waals surface area contributed by atoms with E-state index in [1.165, 1.54) is 7.11 Å². The summed E-state index contributed by atoms with van der Waals surface area (Å²) in [6.45, 7) is 16.2. The van der Waals surface area contributed by atoms with Crippen molar-refractivity contribution in [1.82, 2.24) is 20.6 Å². The number of Topliss-reactive ketones (excluding diaryl/α,β-unsaturated/α-hetero) is 1. The van der Waals surface area contributed by atoms with Gasteiger partial charge in [0.2, 0.25) is 0 Å². The molecule has 3 aliphatic heterocycles. The van der Waals surface area contributed by atoms with Gasteiger partial charge in [0.05, 0.1) is 18.8 Å². The molecule has 1 unspecified atom stereocenters. The van der Waals surface area contributed by atoms with Crippen molar-refractivity contribution in [3.8, 4) is 0 Å². The number of aldehydes is 1. The molecule has 0 amide bonds. The second-order valence-corrected chi connectivity index (χ2v) is 13.8. The van der Waals surface area contributed by atoms with Gasteiger partial charge in [-0.15, -0.1) is 0 Å². The summed E-state index contributed by atoms with van der Waals surface area (Å²) in [4.78, 5) is 60.1. The van der Waals surface area contributed by atoms with E-state index in [0.717, 1.165) is 61.9 Å². The van der Waals surface area contributed by atoms with Gasteiger partial charge in [-0.2, -0.15) is 0 Å². The summed E-state index contributed by atoms with van der Waals surface area (Å²) >= 11 is 0. The van der Waals surface area contributed by atoms with Gasteiger partial charge >= 0.3 is 11.9 Å². The van der Waals surface area contributed by atoms with Crippen LogP contribution in [0.2, 0.25) is 0 Å². The van der Waals surface area contributed by atoms with Crippen molar-refractivity contribution >= 4 is 48.3 Å². The van der Waals surface area contributed by atoms with Crippen molar-refractivity contribution in [2.75, 3.05) is 13.7 Å². The number of ether oxygens (including phenoxy) is 2. The van der Waals surface area contributed by atoms with Gasteiger partial charge in [-0.3, -0.25) is 19.2 Å². The first-order valence-electron chi connectivity index (χ1n) is 17.3. The molecule has 262 valence electrons. The molecule has 0 radical (unpaired) electrons. The lowest BCUT2D eigenvalue weighted by molar-refractivity contribution is -0.146. The van der Waals surface area contributed by atoms with E-state index in [1.54, 1.807) is 0 Å². The number of aromatic nitrogens is 2. The van der Waals surface area contributed by atoms with Crippen LogP contribution in [0.3, 0.4) is 0 Å². The fourth-order valence-electron chi connectivity index (χ4n) is 8.02. The van der Waals surface area contributed by atoms with Crippen molar-refractivity contribution in [1.29, 1.82) is 0 Å². The van der Waals surface area contributed by atoms with Crippen LogP contribution in [0.5, 0.6) is 0 Å². The number of carbonyl (C=O) groups is 4. The van der Waals surface area contributed by atoms with Crippen molar-refractivity contribution < 1.29 is 28.7 Å². The highest BCUT2D eigenvalue weighted by Crippen LogP contribution is 2.47. The van der Waals surface area contributed by atoms with E-state index < -0.39 is 17.9 Å². The first-order valence-corrected chi connectivity index (χ1v) is 17.3.